The van der Waals surface area contributed by atoms with Crippen LogP contribution in [0.15, 0.2) is 24.3 Å². The Bertz CT molecular complexity index is 508. The average molecular weight is 206 g/mol. The molecular weight excluding hydrogens is 198 g/mol. The number of aromatic nitrogens is 1. The maximum Gasteiger partial charge on any atom is 0.168 e. The number of pyridine rings is 1. The lowest BCUT2D eigenvalue weighted by Gasteiger charge is -2.02. The number of carbonyl (C=O) groups is 1. The highest BCUT2D eigenvalue weighted by molar-refractivity contribution is 6.31. The lowest BCUT2D eigenvalue weighted by molar-refractivity contribution is 0.111. The number of hydrogen-bond acceptors (Lipinski definition) is 2. The Morgan fingerprint density at radius 2 is 2.14 bits per heavy atom. The number of hydrogen-bond donors (Lipinski definition) is 0. The molecule has 70 valence electrons. The molecule has 0 unspecified atom stereocenters. The lowest BCUT2D eigenvalue weighted by atomic mass is 10.1. The number of aryl methyl sites for hydroxylation is 1. The Labute approximate surface area is 86.5 Å². The molecule has 0 amide bonds. The molecule has 14 heavy (non-hydrogen) atoms. The smallest absolute Gasteiger partial charge is 0.168 e. The highest BCUT2D eigenvalue weighted by Gasteiger charge is 2.02. The number of fused-ring (bicyclic) bond motifs is 1. The van der Waals surface area contributed by atoms with Gasteiger partial charge in [-0.25, -0.2) is 4.98 Å². The van der Waals surface area contributed by atoms with Crippen LogP contribution in [0.3, 0.4) is 0 Å². The summed E-state index contributed by atoms with van der Waals surface area (Å²) in [5.41, 5.74) is 2.26. The van der Waals surface area contributed by atoms with Crippen molar-refractivity contribution < 1.29 is 4.79 Å². The van der Waals surface area contributed by atoms with Gasteiger partial charge in [-0.2, -0.15) is 0 Å². The van der Waals surface area contributed by atoms with Crippen LogP contribution in [0, 0.1) is 6.92 Å². The van der Waals surface area contributed by atoms with Crippen LogP contribution in [0.1, 0.15) is 16.1 Å². The molecule has 2 aromatic rings. The average Bonchev–Trinajstić information content (AvgIpc) is 2.17. The second-order valence-electron chi connectivity index (χ2n) is 3.15. The fourth-order valence-corrected chi connectivity index (χ4v) is 1.73. The molecule has 0 bridgehead atoms. The number of halogens is 1. The summed E-state index contributed by atoms with van der Waals surface area (Å²) in [6, 6.07) is 7.22. The molecule has 0 atom stereocenters. The Morgan fingerprint density at radius 3 is 2.86 bits per heavy atom. The second-order valence-corrected chi connectivity index (χ2v) is 3.58. The molecule has 0 aliphatic heterocycles. The van der Waals surface area contributed by atoms with E-state index >= 15 is 0 Å². The number of nitrogens with zero attached hydrogens (tertiary/aromatic N) is 1. The van der Waals surface area contributed by atoms with Crippen molar-refractivity contribution in [1.29, 1.82) is 0 Å². The first-order valence-electron chi connectivity index (χ1n) is 4.23. The normalized spacial score (nSPS) is 10.4. The zero-order valence-electron chi connectivity index (χ0n) is 7.62. The molecule has 0 aliphatic rings. The van der Waals surface area contributed by atoms with Gasteiger partial charge in [-0.1, -0.05) is 17.7 Å². The van der Waals surface area contributed by atoms with Crippen molar-refractivity contribution in [3.05, 3.63) is 40.5 Å². The minimum atomic E-state index is 0.447. The molecule has 1 heterocycles. The van der Waals surface area contributed by atoms with Crippen LogP contribution in [0.2, 0.25) is 5.02 Å². The van der Waals surface area contributed by atoms with E-state index in [4.69, 9.17) is 11.6 Å². The van der Waals surface area contributed by atoms with E-state index in [0.717, 1.165) is 22.8 Å². The van der Waals surface area contributed by atoms with E-state index in [1.165, 1.54) is 0 Å². The maximum absolute atomic E-state index is 10.5. The molecule has 0 saturated carbocycles. The van der Waals surface area contributed by atoms with Gasteiger partial charge in [0.05, 0.1) is 5.52 Å². The summed E-state index contributed by atoms with van der Waals surface area (Å²) in [4.78, 5) is 14.7. The van der Waals surface area contributed by atoms with Crippen molar-refractivity contribution >= 4 is 28.8 Å². The Morgan fingerprint density at radius 1 is 1.36 bits per heavy atom. The van der Waals surface area contributed by atoms with Gasteiger partial charge in [-0.05, 0) is 30.7 Å². The summed E-state index contributed by atoms with van der Waals surface area (Å²) in [6.07, 6.45) is 0.744. The first-order chi connectivity index (χ1) is 6.70. The quantitative estimate of drug-likeness (QED) is 0.670. The third kappa shape index (κ3) is 1.49. The SMILES string of the molecule is Cc1cc(Cl)cc2ccc(C=O)nc12. The predicted octanol–water partition coefficient (Wildman–Crippen LogP) is 3.01. The Balaban J connectivity index is 2.81. The van der Waals surface area contributed by atoms with Crippen molar-refractivity contribution in [1.82, 2.24) is 4.98 Å². The van der Waals surface area contributed by atoms with Gasteiger partial charge >= 0.3 is 0 Å². The van der Waals surface area contributed by atoms with E-state index in [1.54, 1.807) is 6.07 Å². The minimum absolute atomic E-state index is 0.447. The van der Waals surface area contributed by atoms with E-state index in [9.17, 15) is 4.79 Å². The largest absolute Gasteiger partial charge is 0.296 e. The highest BCUT2D eigenvalue weighted by Crippen LogP contribution is 2.21. The Kier molecular flexibility index (Phi) is 2.22. The van der Waals surface area contributed by atoms with E-state index in [1.807, 2.05) is 25.1 Å². The third-order valence-electron chi connectivity index (χ3n) is 2.09. The maximum atomic E-state index is 10.5. The van der Waals surface area contributed by atoms with E-state index in [2.05, 4.69) is 4.98 Å². The second kappa shape index (κ2) is 3.39. The van der Waals surface area contributed by atoms with Crippen LogP contribution in [-0.2, 0) is 0 Å². The van der Waals surface area contributed by atoms with Crippen LogP contribution in [0.4, 0.5) is 0 Å². The number of rotatable bonds is 1. The molecule has 0 saturated heterocycles. The van der Waals surface area contributed by atoms with E-state index in [-0.39, 0.29) is 0 Å². The number of carbonyl (C=O) groups excluding carboxylic acids is 1. The summed E-state index contributed by atoms with van der Waals surface area (Å²) in [6.45, 7) is 1.93. The molecule has 1 aromatic carbocycles. The molecule has 3 heteroatoms. The summed E-state index contributed by atoms with van der Waals surface area (Å²) >= 11 is 5.90. The van der Waals surface area contributed by atoms with Gasteiger partial charge in [0.1, 0.15) is 5.69 Å². The molecule has 2 nitrogen and oxygen atoms in total. The molecule has 1 aromatic heterocycles. The third-order valence-corrected chi connectivity index (χ3v) is 2.31. The molecule has 2 rings (SSSR count). The van der Waals surface area contributed by atoms with Crippen LogP contribution in [0.25, 0.3) is 10.9 Å². The summed E-state index contributed by atoms with van der Waals surface area (Å²) in [7, 11) is 0. The molecule has 0 aliphatic carbocycles. The van der Waals surface area contributed by atoms with Crippen LogP contribution in [-0.4, -0.2) is 11.3 Å². The summed E-state index contributed by atoms with van der Waals surface area (Å²) in [5.74, 6) is 0. The van der Waals surface area contributed by atoms with Crippen LogP contribution < -0.4 is 0 Å². The van der Waals surface area contributed by atoms with Crippen molar-refractivity contribution in [3.63, 3.8) is 0 Å². The highest BCUT2D eigenvalue weighted by atomic mass is 35.5. The van der Waals surface area contributed by atoms with Crippen LogP contribution in [0.5, 0.6) is 0 Å². The lowest BCUT2D eigenvalue weighted by Crippen LogP contribution is -1.89. The summed E-state index contributed by atoms with van der Waals surface area (Å²) in [5, 5.41) is 1.65. The predicted molar refractivity (Wildman–Crippen MR) is 56.9 cm³/mol. The van der Waals surface area contributed by atoms with Gasteiger partial charge < -0.3 is 0 Å². The first kappa shape index (κ1) is 9.16. The molecular formula is C11H8ClNO. The molecule has 0 N–H and O–H groups in total. The van der Waals surface area contributed by atoms with Crippen molar-refractivity contribution in [3.8, 4) is 0 Å². The van der Waals surface area contributed by atoms with Crippen molar-refractivity contribution in [2.45, 2.75) is 6.92 Å². The minimum Gasteiger partial charge on any atom is -0.296 e. The van der Waals surface area contributed by atoms with E-state index in [0.29, 0.717) is 10.7 Å². The fourth-order valence-electron chi connectivity index (χ4n) is 1.45. The zero-order chi connectivity index (χ0) is 10.1. The topological polar surface area (TPSA) is 30.0 Å². The monoisotopic (exact) mass is 205 g/mol. The van der Waals surface area contributed by atoms with Crippen molar-refractivity contribution in [2.75, 3.05) is 0 Å². The summed E-state index contributed by atoms with van der Waals surface area (Å²) < 4.78 is 0. The van der Waals surface area contributed by atoms with Crippen molar-refractivity contribution in [2.24, 2.45) is 0 Å². The van der Waals surface area contributed by atoms with Gasteiger partial charge in [0, 0.05) is 10.4 Å². The van der Waals surface area contributed by atoms with Gasteiger partial charge in [0.15, 0.2) is 6.29 Å². The molecule has 0 radical (unpaired) electrons. The van der Waals surface area contributed by atoms with Gasteiger partial charge in [-0.3, -0.25) is 4.79 Å². The molecule has 0 fully saturated rings. The standard InChI is InChI=1S/C11H8ClNO/c1-7-4-9(12)5-8-2-3-10(6-14)13-11(7)8/h2-6H,1H3. The zero-order valence-corrected chi connectivity index (χ0v) is 8.38. The van der Waals surface area contributed by atoms with Gasteiger partial charge in [0.25, 0.3) is 0 Å². The fraction of sp³-hybridized carbons (Fsp3) is 0.0909. The van der Waals surface area contributed by atoms with Gasteiger partial charge in [-0.15, -0.1) is 0 Å². The van der Waals surface area contributed by atoms with Gasteiger partial charge in [0.2, 0.25) is 0 Å². The number of benzene rings is 1. The Hall–Kier alpha value is -1.41. The number of aldehydes is 1. The van der Waals surface area contributed by atoms with Crippen LogP contribution >= 0.6 is 11.6 Å². The first-order valence-corrected chi connectivity index (χ1v) is 4.60. The van der Waals surface area contributed by atoms with E-state index < -0.39 is 0 Å². The molecule has 0 spiro atoms.